The fourth-order valence-electron chi connectivity index (χ4n) is 2.12. The maximum atomic E-state index is 11.1. The molecular formula is C11H20INO. The fraction of sp³-hybridized carbons (Fsp3) is 0.727. The highest BCUT2D eigenvalue weighted by molar-refractivity contribution is 5.79. The van der Waals surface area contributed by atoms with Gasteiger partial charge < -0.3 is 28.5 Å². The van der Waals surface area contributed by atoms with Crippen molar-refractivity contribution >= 4 is 5.78 Å². The number of piperidine rings is 1. The van der Waals surface area contributed by atoms with Crippen molar-refractivity contribution in [3.05, 3.63) is 12.2 Å². The Hall–Kier alpha value is 0.100. The summed E-state index contributed by atoms with van der Waals surface area (Å²) < 4.78 is 1.07. The molecule has 0 bridgehead atoms. The van der Waals surface area contributed by atoms with Crippen LogP contribution in [0.2, 0.25) is 0 Å². The van der Waals surface area contributed by atoms with Crippen LogP contribution in [-0.2, 0) is 4.79 Å². The van der Waals surface area contributed by atoms with E-state index in [1.54, 1.807) is 0 Å². The molecule has 1 rings (SSSR count). The minimum Gasteiger partial charge on any atom is -1.00 e. The lowest BCUT2D eigenvalue weighted by molar-refractivity contribution is -0.923. The van der Waals surface area contributed by atoms with E-state index in [-0.39, 0.29) is 24.0 Å². The lowest BCUT2D eigenvalue weighted by atomic mass is 10.1. The van der Waals surface area contributed by atoms with Crippen LogP contribution in [0.4, 0.5) is 0 Å². The predicted octanol–water partition coefficient (Wildman–Crippen LogP) is -1.23. The summed E-state index contributed by atoms with van der Waals surface area (Å²) in [4.78, 5) is 11.1. The molecule has 14 heavy (non-hydrogen) atoms. The largest absolute Gasteiger partial charge is 1.00 e. The Morgan fingerprint density at radius 1 is 1.43 bits per heavy atom. The SMILES string of the molecule is C=C(C)C[N+]1(CC)CCC(=O)CC1.[I-]. The molecule has 0 aromatic rings. The third-order valence-electron chi connectivity index (χ3n) is 3.01. The number of Topliss-reactive ketones (excluding diaryl/α,β-unsaturated/α-hetero) is 1. The van der Waals surface area contributed by atoms with Gasteiger partial charge in [0.2, 0.25) is 0 Å². The average Bonchev–Trinajstić information content (AvgIpc) is 2.09. The summed E-state index contributed by atoms with van der Waals surface area (Å²) >= 11 is 0. The number of hydrogen-bond donors (Lipinski definition) is 0. The monoisotopic (exact) mass is 309 g/mol. The number of rotatable bonds is 3. The van der Waals surface area contributed by atoms with Crippen LogP contribution < -0.4 is 24.0 Å². The number of nitrogens with zero attached hydrogens (tertiary/aromatic N) is 1. The van der Waals surface area contributed by atoms with Crippen LogP contribution in [0.5, 0.6) is 0 Å². The molecule has 0 aliphatic carbocycles. The Kier molecular flexibility index (Phi) is 5.90. The van der Waals surface area contributed by atoms with E-state index in [1.165, 1.54) is 5.57 Å². The molecule has 0 atom stereocenters. The third kappa shape index (κ3) is 3.69. The van der Waals surface area contributed by atoms with Gasteiger partial charge in [-0.15, -0.1) is 0 Å². The molecule has 0 aromatic heterocycles. The molecule has 3 heteroatoms. The molecule has 0 radical (unpaired) electrons. The van der Waals surface area contributed by atoms with Crippen LogP contribution in [0.15, 0.2) is 12.2 Å². The number of carbonyl (C=O) groups is 1. The Balaban J connectivity index is 0.00000169. The molecule has 0 N–H and O–H groups in total. The summed E-state index contributed by atoms with van der Waals surface area (Å²) in [6.07, 6.45) is 1.53. The van der Waals surface area contributed by atoms with Gasteiger partial charge >= 0.3 is 0 Å². The molecule has 0 saturated carbocycles. The fourth-order valence-corrected chi connectivity index (χ4v) is 2.12. The zero-order valence-electron chi connectivity index (χ0n) is 9.18. The Bertz CT molecular complexity index is 215. The summed E-state index contributed by atoms with van der Waals surface area (Å²) in [7, 11) is 0. The van der Waals surface area contributed by atoms with Gasteiger partial charge in [0.05, 0.1) is 39.0 Å². The number of ketones is 1. The first-order valence-corrected chi connectivity index (χ1v) is 5.09. The van der Waals surface area contributed by atoms with Crippen LogP contribution in [-0.4, -0.2) is 36.4 Å². The molecule has 1 heterocycles. The van der Waals surface area contributed by atoms with E-state index in [0.29, 0.717) is 5.78 Å². The van der Waals surface area contributed by atoms with E-state index in [4.69, 9.17) is 0 Å². The maximum Gasteiger partial charge on any atom is 0.144 e. The molecule has 0 amide bonds. The normalized spacial score (nSPS) is 20.0. The van der Waals surface area contributed by atoms with Gasteiger partial charge in [-0.1, -0.05) is 6.58 Å². The average molecular weight is 309 g/mol. The highest BCUT2D eigenvalue weighted by Gasteiger charge is 2.30. The van der Waals surface area contributed by atoms with Gasteiger partial charge in [0.1, 0.15) is 5.78 Å². The van der Waals surface area contributed by atoms with Crippen molar-refractivity contribution in [3.8, 4) is 0 Å². The Morgan fingerprint density at radius 2 is 1.93 bits per heavy atom. The number of likely N-dealkylation sites (tertiary alicyclic amines) is 1. The summed E-state index contributed by atoms with van der Waals surface area (Å²) in [5.74, 6) is 0.434. The first-order chi connectivity index (χ1) is 6.08. The minimum atomic E-state index is 0. The van der Waals surface area contributed by atoms with Crippen molar-refractivity contribution in [1.82, 2.24) is 0 Å². The van der Waals surface area contributed by atoms with Crippen molar-refractivity contribution in [3.63, 3.8) is 0 Å². The van der Waals surface area contributed by atoms with Crippen molar-refractivity contribution < 1.29 is 33.3 Å². The van der Waals surface area contributed by atoms with Gasteiger partial charge in [-0.2, -0.15) is 0 Å². The lowest BCUT2D eigenvalue weighted by Gasteiger charge is -2.40. The van der Waals surface area contributed by atoms with Crippen LogP contribution >= 0.6 is 0 Å². The van der Waals surface area contributed by atoms with E-state index in [0.717, 1.165) is 43.5 Å². The summed E-state index contributed by atoms with van der Waals surface area (Å²) in [5, 5.41) is 0. The molecule has 1 aliphatic heterocycles. The lowest BCUT2D eigenvalue weighted by Crippen LogP contribution is -3.00. The third-order valence-corrected chi connectivity index (χ3v) is 3.01. The quantitative estimate of drug-likeness (QED) is 0.362. The molecule has 1 aliphatic rings. The summed E-state index contributed by atoms with van der Waals surface area (Å²) in [6.45, 7) is 12.4. The van der Waals surface area contributed by atoms with Gasteiger partial charge in [0.15, 0.2) is 0 Å². The van der Waals surface area contributed by atoms with E-state index in [1.807, 2.05) is 0 Å². The van der Waals surface area contributed by atoms with Gasteiger partial charge in [0, 0.05) is 0 Å². The predicted molar refractivity (Wildman–Crippen MR) is 54.5 cm³/mol. The highest BCUT2D eigenvalue weighted by atomic mass is 127. The minimum absolute atomic E-state index is 0. The number of hydrogen-bond acceptors (Lipinski definition) is 1. The number of quaternary nitrogens is 1. The van der Waals surface area contributed by atoms with E-state index >= 15 is 0 Å². The summed E-state index contributed by atoms with van der Waals surface area (Å²) in [6, 6.07) is 0. The molecule has 1 fully saturated rings. The standard InChI is InChI=1S/C11H20NO.HI/c1-4-12(9-10(2)3)7-5-11(13)6-8-12;/h2,4-9H2,1,3H3;1H/q+1;/p-1. The number of likely N-dealkylation sites (N-methyl/N-ethyl adjacent to an activating group) is 1. The zero-order valence-corrected chi connectivity index (χ0v) is 11.3. The van der Waals surface area contributed by atoms with Gasteiger partial charge in [-0.25, -0.2) is 0 Å². The van der Waals surface area contributed by atoms with Crippen molar-refractivity contribution in [1.29, 1.82) is 0 Å². The first kappa shape index (κ1) is 14.1. The number of carbonyl (C=O) groups excluding carboxylic acids is 1. The Morgan fingerprint density at radius 3 is 2.29 bits per heavy atom. The summed E-state index contributed by atoms with van der Waals surface area (Å²) in [5.41, 5.74) is 1.23. The molecule has 0 aromatic carbocycles. The van der Waals surface area contributed by atoms with Crippen LogP contribution in [0.1, 0.15) is 26.7 Å². The van der Waals surface area contributed by atoms with Gasteiger partial charge in [-0.05, 0) is 19.4 Å². The zero-order chi connectivity index (χ0) is 9.90. The molecule has 2 nitrogen and oxygen atoms in total. The smallest absolute Gasteiger partial charge is 0.144 e. The molecule has 0 unspecified atom stereocenters. The van der Waals surface area contributed by atoms with Crippen molar-refractivity contribution in [2.45, 2.75) is 26.7 Å². The topological polar surface area (TPSA) is 17.1 Å². The Labute approximate surface area is 104 Å². The first-order valence-electron chi connectivity index (χ1n) is 5.09. The van der Waals surface area contributed by atoms with E-state index in [9.17, 15) is 4.79 Å². The second kappa shape index (κ2) is 5.85. The second-order valence-corrected chi connectivity index (χ2v) is 4.26. The highest BCUT2D eigenvalue weighted by Crippen LogP contribution is 2.18. The molecular weight excluding hydrogens is 289 g/mol. The van der Waals surface area contributed by atoms with E-state index in [2.05, 4.69) is 20.4 Å². The number of halogens is 1. The van der Waals surface area contributed by atoms with Crippen LogP contribution in [0, 0.1) is 0 Å². The van der Waals surface area contributed by atoms with Gasteiger partial charge in [-0.3, -0.25) is 4.79 Å². The maximum absolute atomic E-state index is 11.1. The van der Waals surface area contributed by atoms with Crippen LogP contribution in [0.25, 0.3) is 0 Å². The molecule has 1 saturated heterocycles. The molecule has 82 valence electrons. The van der Waals surface area contributed by atoms with Crippen molar-refractivity contribution in [2.75, 3.05) is 26.2 Å². The van der Waals surface area contributed by atoms with Gasteiger partial charge in [0.25, 0.3) is 0 Å². The second-order valence-electron chi connectivity index (χ2n) is 4.26. The molecule has 0 spiro atoms. The van der Waals surface area contributed by atoms with Crippen LogP contribution in [0.3, 0.4) is 0 Å². The van der Waals surface area contributed by atoms with Crippen molar-refractivity contribution in [2.24, 2.45) is 0 Å². The van der Waals surface area contributed by atoms with E-state index < -0.39 is 0 Å².